The van der Waals surface area contributed by atoms with E-state index in [9.17, 15) is 8.42 Å². The van der Waals surface area contributed by atoms with Crippen LogP contribution in [0, 0.1) is 6.92 Å². The number of rotatable bonds is 7. The summed E-state index contributed by atoms with van der Waals surface area (Å²) < 4.78 is 33.1. The molecule has 12 heteroatoms. The molecule has 0 aromatic carbocycles. The molecule has 0 bridgehead atoms. The molecule has 10 nitrogen and oxygen atoms in total. The van der Waals surface area contributed by atoms with Crippen molar-refractivity contribution in [3.05, 3.63) is 11.6 Å². The zero-order valence-electron chi connectivity index (χ0n) is 17.3. The number of aliphatic imine (C=N–C) groups is 1. The molecular formula is C17H32IN7O3S. The number of hydrogen-bond acceptors (Lipinski definition) is 6. The summed E-state index contributed by atoms with van der Waals surface area (Å²) in [6.45, 7) is 4.86. The van der Waals surface area contributed by atoms with Gasteiger partial charge in [0.05, 0.1) is 12.4 Å². The summed E-state index contributed by atoms with van der Waals surface area (Å²) in [5, 5.41) is 14.8. The van der Waals surface area contributed by atoms with Crippen LogP contribution in [0.15, 0.2) is 4.99 Å². The van der Waals surface area contributed by atoms with Crippen molar-refractivity contribution < 1.29 is 13.2 Å². The van der Waals surface area contributed by atoms with Gasteiger partial charge in [-0.25, -0.2) is 13.4 Å². The van der Waals surface area contributed by atoms with E-state index in [1.807, 2.05) is 18.5 Å². The molecule has 2 N–H and O–H groups in total. The number of aromatic nitrogens is 3. The lowest BCUT2D eigenvalue weighted by molar-refractivity contribution is 0.113. The van der Waals surface area contributed by atoms with E-state index in [2.05, 4.69) is 25.8 Å². The second kappa shape index (κ2) is 10.9. The van der Waals surface area contributed by atoms with E-state index < -0.39 is 10.0 Å². The maximum absolute atomic E-state index is 12.0. The number of nitrogens with zero attached hydrogens (tertiary/aromatic N) is 5. The van der Waals surface area contributed by atoms with E-state index in [1.54, 1.807) is 4.31 Å². The van der Waals surface area contributed by atoms with Crippen LogP contribution in [-0.4, -0.2) is 78.1 Å². The lowest BCUT2D eigenvalue weighted by Crippen LogP contribution is -2.47. The molecule has 0 radical (unpaired) electrons. The normalized spacial score (nSPS) is 23.2. The van der Waals surface area contributed by atoms with Crippen LogP contribution in [0.3, 0.4) is 0 Å². The number of hydrogen-bond donors (Lipinski definition) is 2. The Balaban J connectivity index is 0.00000300. The Hall–Kier alpha value is -0.990. The number of ether oxygens (including phenoxy) is 1. The molecule has 0 aliphatic carbocycles. The summed E-state index contributed by atoms with van der Waals surface area (Å²) in [6.07, 6.45) is 5.30. The SMILES string of the molecule is Cc1nnc(CN=C(NCC2CCCO2)NC[C@H]2CCCN2S(C)(=O)=O)n1C.I. The van der Waals surface area contributed by atoms with Crippen molar-refractivity contribution in [2.75, 3.05) is 32.5 Å². The Morgan fingerprint density at radius 2 is 2.00 bits per heavy atom. The van der Waals surface area contributed by atoms with Crippen molar-refractivity contribution in [3.63, 3.8) is 0 Å². The molecule has 1 aromatic heterocycles. The van der Waals surface area contributed by atoms with Gasteiger partial charge in [0.2, 0.25) is 10.0 Å². The summed E-state index contributed by atoms with van der Waals surface area (Å²) in [7, 11) is -1.28. The first-order valence-electron chi connectivity index (χ1n) is 9.80. The van der Waals surface area contributed by atoms with Crippen LogP contribution in [0.2, 0.25) is 0 Å². The zero-order valence-corrected chi connectivity index (χ0v) is 20.4. The molecular weight excluding hydrogens is 509 g/mol. The average Bonchev–Trinajstić information content (AvgIpc) is 3.38. The molecule has 2 fully saturated rings. The molecule has 2 aliphatic heterocycles. The first kappa shape index (κ1) is 24.3. The third-order valence-corrected chi connectivity index (χ3v) is 6.67. The molecule has 0 saturated carbocycles. The number of sulfonamides is 1. The molecule has 3 rings (SSSR count). The van der Waals surface area contributed by atoms with Crippen LogP contribution >= 0.6 is 24.0 Å². The summed E-state index contributed by atoms with van der Waals surface area (Å²) in [5.41, 5.74) is 0. The number of aryl methyl sites for hydroxylation is 1. The summed E-state index contributed by atoms with van der Waals surface area (Å²) in [6, 6.07) is -0.0539. The highest BCUT2D eigenvalue weighted by molar-refractivity contribution is 14.0. The van der Waals surface area contributed by atoms with Gasteiger partial charge in [-0.15, -0.1) is 34.2 Å². The van der Waals surface area contributed by atoms with Crippen molar-refractivity contribution in [1.82, 2.24) is 29.7 Å². The van der Waals surface area contributed by atoms with Crippen LogP contribution < -0.4 is 10.6 Å². The Labute approximate surface area is 189 Å². The van der Waals surface area contributed by atoms with E-state index in [0.29, 0.717) is 32.1 Å². The quantitative estimate of drug-likeness (QED) is 0.292. The fourth-order valence-corrected chi connectivity index (χ4v) is 4.78. The second-order valence-electron chi connectivity index (χ2n) is 7.45. The maximum Gasteiger partial charge on any atom is 0.211 e. The minimum atomic E-state index is -3.19. The largest absolute Gasteiger partial charge is 0.376 e. The Kier molecular flexibility index (Phi) is 9.10. The molecule has 1 unspecified atom stereocenters. The fraction of sp³-hybridized carbons (Fsp3) is 0.824. The van der Waals surface area contributed by atoms with Gasteiger partial charge >= 0.3 is 0 Å². The Morgan fingerprint density at radius 1 is 1.24 bits per heavy atom. The lowest BCUT2D eigenvalue weighted by atomic mass is 10.2. The third kappa shape index (κ3) is 6.76. The number of nitrogens with one attached hydrogen (secondary N) is 2. The first-order chi connectivity index (χ1) is 13.3. The van der Waals surface area contributed by atoms with Gasteiger partial charge in [-0.3, -0.25) is 0 Å². The van der Waals surface area contributed by atoms with E-state index in [0.717, 1.165) is 43.9 Å². The van der Waals surface area contributed by atoms with Crippen molar-refractivity contribution in [1.29, 1.82) is 0 Å². The monoisotopic (exact) mass is 541 g/mol. The van der Waals surface area contributed by atoms with Crippen LogP contribution in [0.4, 0.5) is 0 Å². The molecule has 1 aromatic rings. The van der Waals surface area contributed by atoms with Gasteiger partial charge < -0.3 is 19.9 Å². The second-order valence-corrected chi connectivity index (χ2v) is 9.39. The van der Waals surface area contributed by atoms with Crippen molar-refractivity contribution >= 4 is 40.0 Å². The first-order valence-corrected chi connectivity index (χ1v) is 11.6. The molecule has 0 spiro atoms. The van der Waals surface area contributed by atoms with Gasteiger partial charge in [-0.1, -0.05) is 0 Å². The van der Waals surface area contributed by atoms with Gasteiger partial charge in [0.1, 0.15) is 12.4 Å². The predicted octanol–water partition coefficient (Wildman–Crippen LogP) is 0.380. The molecule has 2 aliphatic rings. The van der Waals surface area contributed by atoms with E-state index in [1.165, 1.54) is 6.26 Å². The molecule has 2 saturated heterocycles. The summed E-state index contributed by atoms with van der Waals surface area (Å²) in [4.78, 5) is 4.62. The Morgan fingerprint density at radius 3 is 2.62 bits per heavy atom. The van der Waals surface area contributed by atoms with E-state index in [-0.39, 0.29) is 36.1 Å². The molecule has 29 heavy (non-hydrogen) atoms. The molecule has 2 atom stereocenters. The zero-order chi connectivity index (χ0) is 20.1. The third-order valence-electron chi connectivity index (χ3n) is 5.34. The fourth-order valence-electron chi connectivity index (χ4n) is 3.59. The standard InChI is InChI=1S/C17H31N7O3S.HI/c1-13-21-22-16(23(13)2)12-20-17(19-11-15-7-5-9-27-15)18-10-14-6-4-8-24(14)28(3,25)26;/h14-15H,4-12H2,1-3H3,(H2,18,19,20);1H/t14-,15?;/m1./s1. The molecule has 0 amide bonds. The minimum Gasteiger partial charge on any atom is -0.376 e. The van der Waals surface area contributed by atoms with Crippen molar-refractivity contribution in [2.45, 2.75) is 51.3 Å². The van der Waals surface area contributed by atoms with Gasteiger partial charge in [0.15, 0.2) is 11.8 Å². The number of guanidine groups is 1. The predicted molar refractivity (Wildman–Crippen MR) is 122 cm³/mol. The maximum atomic E-state index is 12.0. The lowest BCUT2D eigenvalue weighted by Gasteiger charge is -2.24. The highest BCUT2D eigenvalue weighted by Gasteiger charge is 2.31. The van der Waals surface area contributed by atoms with Gasteiger partial charge in [-0.2, -0.15) is 4.31 Å². The summed E-state index contributed by atoms with van der Waals surface area (Å²) >= 11 is 0. The van der Waals surface area contributed by atoms with Crippen LogP contribution in [0.5, 0.6) is 0 Å². The minimum absolute atomic E-state index is 0. The van der Waals surface area contributed by atoms with E-state index >= 15 is 0 Å². The highest BCUT2D eigenvalue weighted by atomic mass is 127. The van der Waals surface area contributed by atoms with Crippen LogP contribution in [0.25, 0.3) is 0 Å². The van der Waals surface area contributed by atoms with Gasteiger partial charge in [0, 0.05) is 39.3 Å². The van der Waals surface area contributed by atoms with Crippen molar-refractivity contribution in [2.24, 2.45) is 12.0 Å². The summed E-state index contributed by atoms with van der Waals surface area (Å²) in [5.74, 6) is 2.24. The van der Waals surface area contributed by atoms with E-state index in [4.69, 9.17) is 4.74 Å². The average molecular weight is 541 g/mol. The van der Waals surface area contributed by atoms with Crippen LogP contribution in [0.1, 0.15) is 37.3 Å². The van der Waals surface area contributed by atoms with Crippen molar-refractivity contribution in [3.8, 4) is 0 Å². The number of halogens is 1. The van der Waals surface area contributed by atoms with Gasteiger partial charge in [-0.05, 0) is 32.6 Å². The topological polar surface area (TPSA) is 114 Å². The highest BCUT2D eigenvalue weighted by Crippen LogP contribution is 2.19. The van der Waals surface area contributed by atoms with Crippen LogP contribution in [-0.2, 0) is 28.4 Å². The van der Waals surface area contributed by atoms with Gasteiger partial charge in [0.25, 0.3) is 0 Å². The Bertz CT molecular complexity index is 793. The molecule has 3 heterocycles. The molecule has 166 valence electrons. The smallest absolute Gasteiger partial charge is 0.211 e.